The van der Waals surface area contributed by atoms with E-state index in [9.17, 15) is 14.4 Å². The number of carboxylic acid groups (broad SMARTS) is 1. The number of nitrogens with zero attached hydrogens (tertiary/aromatic N) is 1. The van der Waals surface area contributed by atoms with E-state index in [1.807, 2.05) is 35.8 Å². The smallest absolute Gasteiger partial charge is 0.303 e. The maximum absolute atomic E-state index is 11.5. The van der Waals surface area contributed by atoms with Gasteiger partial charge in [-0.15, -0.1) is 0 Å². The van der Waals surface area contributed by atoms with Crippen LogP contribution in [0, 0.1) is 6.92 Å². The molecule has 0 aliphatic heterocycles. The van der Waals surface area contributed by atoms with Crippen LogP contribution >= 0.6 is 0 Å². The van der Waals surface area contributed by atoms with Crippen molar-refractivity contribution >= 4 is 23.5 Å². The number of benzene rings is 2. The number of aromatic nitrogens is 1. The minimum Gasteiger partial charge on any atom is -0.481 e. The molecule has 0 fully saturated rings. The molecule has 3 rings (SSSR count). The maximum atomic E-state index is 11.5. The van der Waals surface area contributed by atoms with Crippen molar-refractivity contribution in [3.63, 3.8) is 0 Å². The van der Waals surface area contributed by atoms with Crippen LogP contribution in [-0.4, -0.2) is 39.2 Å². The van der Waals surface area contributed by atoms with Gasteiger partial charge >= 0.3 is 5.97 Å². The lowest BCUT2D eigenvalue weighted by molar-refractivity contribution is -0.137. The number of nitrogens with two attached hydrogens (primary N) is 1. The third kappa shape index (κ3) is 4.99. The number of carbonyl (C=O) groups excluding carboxylic acids is 2. The van der Waals surface area contributed by atoms with E-state index in [1.165, 1.54) is 0 Å². The molecule has 8 nitrogen and oxygen atoms in total. The topological polar surface area (TPSA) is 135 Å². The number of rotatable bonds is 8. The van der Waals surface area contributed by atoms with E-state index in [-0.39, 0.29) is 6.42 Å². The van der Waals surface area contributed by atoms with E-state index < -0.39 is 24.4 Å². The summed E-state index contributed by atoms with van der Waals surface area (Å²) in [5, 5.41) is 20.6. The molecule has 0 saturated heterocycles. The van der Waals surface area contributed by atoms with Crippen LogP contribution in [0.25, 0.3) is 16.9 Å². The van der Waals surface area contributed by atoms with Gasteiger partial charge in [0.05, 0.1) is 12.1 Å². The van der Waals surface area contributed by atoms with Gasteiger partial charge in [-0.1, -0.05) is 12.1 Å². The molecule has 2 aromatic carbocycles. The Hall–Kier alpha value is -3.91. The molecule has 2 amide bonds. The van der Waals surface area contributed by atoms with Gasteiger partial charge in [-0.3, -0.25) is 14.4 Å². The molecule has 1 aromatic heterocycles. The van der Waals surface area contributed by atoms with Crippen molar-refractivity contribution in [2.75, 3.05) is 11.9 Å². The minimum atomic E-state index is -0.890. The van der Waals surface area contributed by atoms with E-state index in [4.69, 9.17) is 15.9 Å². The first kappa shape index (κ1) is 21.8. The number of primary amides is 1. The number of aliphatic hydroxyl groups excluding tert-OH is 1. The van der Waals surface area contributed by atoms with Crippen LogP contribution in [-0.2, 0) is 16.0 Å². The highest BCUT2D eigenvalue weighted by Gasteiger charge is 2.16. The van der Waals surface area contributed by atoms with Crippen molar-refractivity contribution in [3.05, 3.63) is 71.4 Å². The second-order valence-corrected chi connectivity index (χ2v) is 7.09. The predicted octanol–water partition coefficient (Wildman–Crippen LogP) is 2.50. The van der Waals surface area contributed by atoms with Gasteiger partial charge in [0, 0.05) is 22.6 Å². The van der Waals surface area contributed by atoms with Crippen LogP contribution in [0.3, 0.4) is 0 Å². The molecule has 1 heterocycles. The van der Waals surface area contributed by atoms with Crippen LogP contribution < -0.4 is 11.1 Å². The average Bonchev–Trinajstić information content (AvgIpc) is 3.16. The van der Waals surface area contributed by atoms with Gasteiger partial charge < -0.3 is 25.8 Å². The van der Waals surface area contributed by atoms with Crippen molar-refractivity contribution in [3.8, 4) is 16.9 Å². The Balaban J connectivity index is 2.06. The maximum Gasteiger partial charge on any atom is 0.303 e. The lowest BCUT2D eigenvalue weighted by atomic mass is 10.1. The van der Waals surface area contributed by atoms with Crippen LogP contribution in [0.2, 0.25) is 0 Å². The Morgan fingerprint density at radius 1 is 1.03 bits per heavy atom. The molecule has 0 saturated carbocycles. The summed E-state index contributed by atoms with van der Waals surface area (Å²) >= 11 is 0. The van der Waals surface area contributed by atoms with E-state index in [0.29, 0.717) is 17.7 Å². The average molecular weight is 421 g/mol. The standard InChI is InChI=1S/C23H23N3O5/c1-14-12-16(23(24)31)4-9-19(14)26-18(8-11-22(29)30)7-10-20(26)15-2-5-17(6-3-15)25-21(28)13-27/h2-7,9-10,12,27H,8,11,13H2,1H3,(H2,24,31)(H,25,28)(H,29,30). The summed E-state index contributed by atoms with van der Waals surface area (Å²) in [6, 6.07) is 16.0. The molecule has 0 aliphatic rings. The lowest BCUT2D eigenvalue weighted by Crippen LogP contribution is -2.15. The number of nitrogens with one attached hydrogen (secondary N) is 1. The second kappa shape index (κ2) is 9.27. The van der Waals surface area contributed by atoms with Gasteiger partial charge in [0.15, 0.2) is 0 Å². The molecule has 8 heteroatoms. The van der Waals surface area contributed by atoms with Crippen molar-refractivity contribution in [2.45, 2.75) is 19.8 Å². The number of amides is 2. The second-order valence-electron chi connectivity index (χ2n) is 7.09. The first-order valence-electron chi connectivity index (χ1n) is 9.64. The van der Waals surface area contributed by atoms with Gasteiger partial charge in [-0.2, -0.15) is 0 Å². The van der Waals surface area contributed by atoms with Gasteiger partial charge in [0.25, 0.3) is 0 Å². The van der Waals surface area contributed by atoms with Crippen molar-refractivity contribution in [1.29, 1.82) is 0 Å². The third-order valence-corrected chi connectivity index (χ3v) is 4.89. The van der Waals surface area contributed by atoms with Crippen molar-refractivity contribution in [2.24, 2.45) is 5.73 Å². The summed E-state index contributed by atoms with van der Waals surface area (Å²) < 4.78 is 1.96. The van der Waals surface area contributed by atoms with Gasteiger partial charge in [0.2, 0.25) is 11.8 Å². The molecule has 0 radical (unpaired) electrons. The third-order valence-electron chi connectivity index (χ3n) is 4.89. The Labute approximate surface area is 178 Å². The van der Waals surface area contributed by atoms with E-state index in [2.05, 4.69) is 5.32 Å². The number of hydrogen-bond donors (Lipinski definition) is 4. The quantitative estimate of drug-likeness (QED) is 0.443. The van der Waals surface area contributed by atoms with Crippen molar-refractivity contribution in [1.82, 2.24) is 4.57 Å². The van der Waals surface area contributed by atoms with Gasteiger partial charge in [-0.25, -0.2) is 0 Å². The number of hydrogen-bond acceptors (Lipinski definition) is 4. The van der Waals surface area contributed by atoms with Gasteiger partial charge in [0.1, 0.15) is 6.61 Å². The number of aliphatic carboxylic acids is 1. The highest BCUT2D eigenvalue weighted by atomic mass is 16.4. The molecule has 160 valence electrons. The molecular weight excluding hydrogens is 398 g/mol. The SMILES string of the molecule is Cc1cc(C(N)=O)ccc1-n1c(CCC(=O)O)ccc1-c1ccc(NC(=O)CO)cc1. The zero-order valence-electron chi connectivity index (χ0n) is 17.0. The number of carbonyl (C=O) groups is 3. The largest absolute Gasteiger partial charge is 0.481 e. The zero-order chi connectivity index (χ0) is 22.5. The molecule has 3 aromatic rings. The zero-order valence-corrected chi connectivity index (χ0v) is 17.0. The van der Waals surface area contributed by atoms with E-state index >= 15 is 0 Å². The summed E-state index contributed by atoms with van der Waals surface area (Å²) in [5.74, 6) is -1.91. The Morgan fingerprint density at radius 2 is 1.74 bits per heavy atom. The summed E-state index contributed by atoms with van der Waals surface area (Å²) in [4.78, 5) is 34.0. The minimum absolute atomic E-state index is 0.0198. The fourth-order valence-corrected chi connectivity index (χ4v) is 3.40. The highest BCUT2D eigenvalue weighted by molar-refractivity contribution is 5.93. The van der Waals surface area contributed by atoms with Crippen molar-refractivity contribution < 1.29 is 24.6 Å². The molecule has 0 spiro atoms. The molecule has 0 atom stereocenters. The fraction of sp³-hybridized carbons (Fsp3) is 0.174. The lowest BCUT2D eigenvalue weighted by Gasteiger charge is -2.17. The number of carboxylic acids is 1. The first-order valence-corrected chi connectivity index (χ1v) is 9.64. The van der Waals surface area contributed by atoms with Crippen LogP contribution in [0.15, 0.2) is 54.6 Å². The molecule has 0 bridgehead atoms. The van der Waals surface area contributed by atoms with Gasteiger partial charge in [-0.05, 0) is 66.9 Å². The summed E-state index contributed by atoms with van der Waals surface area (Å²) in [6.45, 7) is 1.26. The summed E-state index contributed by atoms with van der Waals surface area (Å²) in [5.41, 5.74) is 10.4. The van der Waals surface area contributed by atoms with E-state index in [1.54, 1.807) is 30.3 Å². The van der Waals surface area contributed by atoms with Crippen LogP contribution in [0.5, 0.6) is 0 Å². The Bertz CT molecular complexity index is 1130. The molecule has 5 N–H and O–H groups in total. The number of aliphatic hydroxyl groups is 1. The monoisotopic (exact) mass is 421 g/mol. The summed E-state index contributed by atoms with van der Waals surface area (Å²) in [6.07, 6.45) is 0.311. The first-order chi connectivity index (χ1) is 14.8. The number of aryl methyl sites for hydroxylation is 2. The molecule has 0 aliphatic carbocycles. The summed E-state index contributed by atoms with van der Waals surface area (Å²) in [7, 11) is 0. The Morgan fingerprint density at radius 3 is 2.32 bits per heavy atom. The Kier molecular flexibility index (Phi) is 6.52. The highest BCUT2D eigenvalue weighted by Crippen LogP contribution is 2.30. The normalized spacial score (nSPS) is 10.6. The molecular formula is C23H23N3O5. The van der Waals surface area contributed by atoms with E-state index in [0.717, 1.165) is 28.2 Å². The molecule has 0 unspecified atom stereocenters. The fourth-order valence-electron chi connectivity index (χ4n) is 3.40. The molecule has 31 heavy (non-hydrogen) atoms. The predicted molar refractivity (Wildman–Crippen MR) is 116 cm³/mol. The van der Waals surface area contributed by atoms with Crippen LogP contribution in [0.4, 0.5) is 5.69 Å². The number of anilines is 1. The van der Waals surface area contributed by atoms with Crippen LogP contribution in [0.1, 0.15) is 28.0 Å².